The molecule has 4 rings (SSSR count). The molecule has 1 aliphatic rings. The standard InChI is InChI=1S/C20H18ClN3O2/c21-14-4-3-5-15(12-14)23-8-10-24(11-9-23)20(26)17-13-19(25)22-18-7-2-1-6-16(17)18/h1-7,12-13H,8-11H2,(H,22,25). The second-order valence-electron chi connectivity index (χ2n) is 6.35. The molecular weight excluding hydrogens is 350 g/mol. The maximum absolute atomic E-state index is 13.0. The fourth-order valence-corrected chi connectivity index (χ4v) is 3.58. The molecule has 1 aromatic heterocycles. The number of hydrogen-bond donors (Lipinski definition) is 1. The molecule has 1 N–H and O–H groups in total. The van der Waals surface area contributed by atoms with Crippen LogP contribution >= 0.6 is 11.6 Å². The van der Waals surface area contributed by atoms with Crippen LogP contribution in [0.15, 0.2) is 59.4 Å². The molecule has 1 saturated heterocycles. The third kappa shape index (κ3) is 3.18. The number of aromatic nitrogens is 1. The topological polar surface area (TPSA) is 56.4 Å². The SMILES string of the molecule is O=C(c1cc(=O)[nH]c2ccccc12)N1CCN(c2cccc(Cl)c2)CC1. The van der Waals surface area contributed by atoms with Crippen molar-refractivity contribution in [2.45, 2.75) is 0 Å². The summed E-state index contributed by atoms with van der Waals surface area (Å²) in [6.45, 7) is 2.67. The van der Waals surface area contributed by atoms with E-state index in [4.69, 9.17) is 11.6 Å². The fourth-order valence-electron chi connectivity index (χ4n) is 3.39. The lowest BCUT2D eigenvalue weighted by atomic mass is 10.1. The number of nitrogens with zero attached hydrogens (tertiary/aromatic N) is 2. The molecule has 0 radical (unpaired) electrons. The molecule has 0 atom stereocenters. The number of halogens is 1. The van der Waals surface area contributed by atoms with E-state index in [0.29, 0.717) is 29.2 Å². The summed E-state index contributed by atoms with van der Waals surface area (Å²) in [5, 5.41) is 1.48. The lowest BCUT2D eigenvalue weighted by Gasteiger charge is -2.36. The first-order valence-corrected chi connectivity index (χ1v) is 8.91. The smallest absolute Gasteiger partial charge is 0.254 e. The number of carbonyl (C=O) groups excluding carboxylic acids is 1. The molecule has 0 bridgehead atoms. The minimum atomic E-state index is -0.260. The second-order valence-corrected chi connectivity index (χ2v) is 6.79. The number of piperazine rings is 1. The number of benzene rings is 2. The molecule has 5 nitrogen and oxygen atoms in total. The third-order valence-electron chi connectivity index (χ3n) is 4.72. The van der Waals surface area contributed by atoms with E-state index in [1.165, 1.54) is 6.07 Å². The fraction of sp³-hybridized carbons (Fsp3) is 0.200. The highest BCUT2D eigenvalue weighted by Gasteiger charge is 2.24. The van der Waals surface area contributed by atoms with Crippen LogP contribution in [-0.4, -0.2) is 42.0 Å². The van der Waals surface area contributed by atoms with Crippen molar-refractivity contribution < 1.29 is 4.79 Å². The maximum atomic E-state index is 13.0. The summed E-state index contributed by atoms with van der Waals surface area (Å²) >= 11 is 6.07. The van der Waals surface area contributed by atoms with Crippen LogP contribution in [0.4, 0.5) is 5.69 Å². The third-order valence-corrected chi connectivity index (χ3v) is 4.96. The van der Waals surface area contributed by atoms with E-state index in [2.05, 4.69) is 9.88 Å². The number of aromatic amines is 1. The first-order chi connectivity index (χ1) is 12.6. The van der Waals surface area contributed by atoms with Gasteiger partial charge in [0.25, 0.3) is 5.91 Å². The lowest BCUT2D eigenvalue weighted by Crippen LogP contribution is -2.49. The Morgan fingerprint density at radius 1 is 0.962 bits per heavy atom. The van der Waals surface area contributed by atoms with E-state index < -0.39 is 0 Å². The van der Waals surface area contributed by atoms with Gasteiger partial charge in [0.2, 0.25) is 5.56 Å². The minimum absolute atomic E-state index is 0.0990. The van der Waals surface area contributed by atoms with Gasteiger partial charge in [-0.2, -0.15) is 0 Å². The Kier molecular flexibility index (Phi) is 4.39. The average Bonchev–Trinajstić information content (AvgIpc) is 2.67. The Balaban J connectivity index is 1.55. The first-order valence-electron chi connectivity index (χ1n) is 8.54. The van der Waals surface area contributed by atoms with E-state index in [9.17, 15) is 9.59 Å². The number of carbonyl (C=O) groups is 1. The van der Waals surface area contributed by atoms with Crippen molar-refractivity contribution in [2.75, 3.05) is 31.1 Å². The number of H-pyrrole nitrogens is 1. The van der Waals surface area contributed by atoms with Gasteiger partial charge in [0, 0.05) is 53.9 Å². The zero-order valence-corrected chi connectivity index (χ0v) is 14.9. The lowest BCUT2D eigenvalue weighted by molar-refractivity contribution is 0.0748. The molecule has 1 amide bonds. The number of para-hydroxylation sites is 1. The minimum Gasteiger partial charge on any atom is -0.368 e. The van der Waals surface area contributed by atoms with Crippen molar-refractivity contribution in [1.29, 1.82) is 0 Å². The number of rotatable bonds is 2. The van der Waals surface area contributed by atoms with Gasteiger partial charge in [0.15, 0.2) is 0 Å². The summed E-state index contributed by atoms with van der Waals surface area (Å²) in [5.41, 5.74) is 1.94. The average molecular weight is 368 g/mol. The molecule has 0 aliphatic carbocycles. The summed E-state index contributed by atoms with van der Waals surface area (Å²) < 4.78 is 0. The Morgan fingerprint density at radius 3 is 2.50 bits per heavy atom. The molecule has 0 saturated carbocycles. The van der Waals surface area contributed by atoms with Gasteiger partial charge in [-0.25, -0.2) is 0 Å². The normalized spacial score (nSPS) is 14.7. The highest BCUT2D eigenvalue weighted by molar-refractivity contribution is 6.30. The van der Waals surface area contributed by atoms with E-state index in [1.807, 2.05) is 53.4 Å². The molecule has 2 aromatic carbocycles. The number of anilines is 1. The van der Waals surface area contributed by atoms with Crippen LogP contribution in [0, 0.1) is 0 Å². The van der Waals surface area contributed by atoms with Gasteiger partial charge in [-0.15, -0.1) is 0 Å². The Bertz CT molecular complexity index is 1020. The number of amides is 1. The molecule has 0 unspecified atom stereocenters. The van der Waals surface area contributed by atoms with Gasteiger partial charge in [-0.3, -0.25) is 9.59 Å². The van der Waals surface area contributed by atoms with Crippen LogP contribution in [-0.2, 0) is 0 Å². The monoisotopic (exact) mass is 367 g/mol. The Morgan fingerprint density at radius 2 is 1.73 bits per heavy atom. The zero-order valence-electron chi connectivity index (χ0n) is 14.1. The largest absolute Gasteiger partial charge is 0.368 e. The van der Waals surface area contributed by atoms with Crippen LogP contribution in [0.5, 0.6) is 0 Å². The Labute approximate surface area is 155 Å². The van der Waals surface area contributed by atoms with Crippen LogP contribution < -0.4 is 10.5 Å². The van der Waals surface area contributed by atoms with Gasteiger partial charge in [-0.1, -0.05) is 35.9 Å². The van der Waals surface area contributed by atoms with Crippen molar-refractivity contribution in [3.63, 3.8) is 0 Å². The highest BCUT2D eigenvalue weighted by atomic mass is 35.5. The summed E-state index contributed by atoms with van der Waals surface area (Å²) in [6, 6.07) is 16.5. The van der Waals surface area contributed by atoms with Crippen molar-refractivity contribution >= 4 is 34.1 Å². The predicted molar refractivity (Wildman–Crippen MR) is 104 cm³/mol. The molecule has 1 fully saturated rings. The van der Waals surface area contributed by atoms with Crippen LogP contribution in [0.25, 0.3) is 10.9 Å². The van der Waals surface area contributed by atoms with Gasteiger partial charge in [-0.05, 0) is 24.3 Å². The van der Waals surface area contributed by atoms with E-state index >= 15 is 0 Å². The molecule has 3 aromatic rings. The summed E-state index contributed by atoms with van der Waals surface area (Å²) in [7, 11) is 0. The van der Waals surface area contributed by atoms with E-state index in [-0.39, 0.29) is 11.5 Å². The van der Waals surface area contributed by atoms with Crippen molar-refractivity contribution in [3.05, 3.63) is 75.5 Å². The van der Waals surface area contributed by atoms with Crippen LogP contribution in [0.3, 0.4) is 0 Å². The van der Waals surface area contributed by atoms with Crippen LogP contribution in [0.2, 0.25) is 5.02 Å². The number of nitrogens with one attached hydrogen (secondary N) is 1. The predicted octanol–water partition coefficient (Wildman–Crippen LogP) is 3.14. The van der Waals surface area contributed by atoms with Crippen molar-refractivity contribution in [3.8, 4) is 0 Å². The van der Waals surface area contributed by atoms with Crippen molar-refractivity contribution in [1.82, 2.24) is 9.88 Å². The quantitative estimate of drug-likeness (QED) is 0.757. The highest BCUT2D eigenvalue weighted by Crippen LogP contribution is 2.22. The van der Waals surface area contributed by atoms with Crippen molar-refractivity contribution in [2.24, 2.45) is 0 Å². The molecule has 132 valence electrons. The number of fused-ring (bicyclic) bond motifs is 1. The maximum Gasteiger partial charge on any atom is 0.254 e. The molecule has 26 heavy (non-hydrogen) atoms. The summed E-state index contributed by atoms with van der Waals surface area (Å²) in [6.07, 6.45) is 0. The zero-order chi connectivity index (χ0) is 18.1. The molecule has 2 heterocycles. The Hall–Kier alpha value is -2.79. The van der Waals surface area contributed by atoms with Gasteiger partial charge in [0.05, 0.1) is 5.56 Å². The second kappa shape index (κ2) is 6.84. The van der Waals surface area contributed by atoms with E-state index in [1.54, 1.807) is 0 Å². The van der Waals surface area contributed by atoms with E-state index in [0.717, 1.165) is 24.2 Å². The summed E-state index contributed by atoms with van der Waals surface area (Å²) in [4.78, 5) is 31.7. The van der Waals surface area contributed by atoms with Gasteiger partial charge >= 0.3 is 0 Å². The van der Waals surface area contributed by atoms with Crippen LogP contribution in [0.1, 0.15) is 10.4 Å². The molecule has 1 aliphatic heterocycles. The molecule has 6 heteroatoms. The summed E-state index contributed by atoms with van der Waals surface area (Å²) in [5.74, 6) is -0.0990. The molecular formula is C20H18ClN3O2. The number of hydrogen-bond acceptors (Lipinski definition) is 3. The van der Waals surface area contributed by atoms with Gasteiger partial charge in [0.1, 0.15) is 0 Å². The van der Waals surface area contributed by atoms with Gasteiger partial charge < -0.3 is 14.8 Å². The molecule has 0 spiro atoms. The first kappa shape index (κ1) is 16.7. The number of pyridine rings is 1.